The van der Waals surface area contributed by atoms with Crippen molar-refractivity contribution in [3.63, 3.8) is 0 Å². The molecule has 0 radical (unpaired) electrons. The molecule has 0 bridgehead atoms. The van der Waals surface area contributed by atoms with Crippen molar-refractivity contribution in [3.8, 4) is 0 Å². The SMILES string of the molecule is CCC1C=NN(CC(F)F)C1. The highest BCUT2D eigenvalue weighted by Crippen LogP contribution is 2.11. The summed E-state index contributed by atoms with van der Waals surface area (Å²) in [5.74, 6) is 0.369. The summed E-state index contributed by atoms with van der Waals surface area (Å²) in [6.07, 6.45) is 0.453. The molecule has 1 atom stereocenters. The van der Waals surface area contributed by atoms with Gasteiger partial charge in [0.05, 0.1) is 6.54 Å². The lowest BCUT2D eigenvalue weighted by Gasteiger charge is -2.13. The molecule has 0 aromatic rings. The Labute approximate surface area is 64.9 Å². The van der Waals surface area contributed by atoms with Crippen LogP contribution < -0.4 is 0 Å². The van der Waals surface area contributed by atoms with Gasteiger partial charge in [-0.15, -0.1) is 0 Å². The van der Waals surface area contributed by atoms with E-state index in [4.69, 9.17) is 0 Å². The van der Waals surface area contributed by atoms with Crippen LogP contribution in [0.3, 0.4) is 0 Å². The Morgan fingerprint density at radius 3 is 2.91 bits per heavy atom. The molecular formula is C7H12F2N2. The van der Waals surface area contributed by atoms with Gasteiger partial charge in [0.2, 0.25) is 0 Å². The Hall–Kier alpha value is -0.670. The number of nitrogens with zero attached hydrogens (tertiary/aromatic N) is 2. The Morgan fingerprint density at radius 2 is 2.45 bits per heavy atom. The van der Waals surface area contributed by atoms with Gasteiger partial charge < -0.3 is 0 Å². The van der Waals surface area contributed by atoms with Gasteiger partial charge in [0, 0.05) is 18.7 Å². The smallest absolute Gasteiger partial charge is 0.257 e. The Bertz CT molecular complexity index is 147. The molecule has 0 aromatic heterocycles. The fourth-order valence-electron chi connectivity index (χ4n) is 1.07. The molecule has 64 valence electrons. The fraction of sp³-hybridized carbons (Fsp3) is 0.857. The summed E-state index contributed by atoms with van der Waals surface area (Å²) in [4.78, 5) is 0. The van der Waals surface area contributed by atoms with Crippen LogP contribution in [0.5, 0.6) is 0 Å². The molecule has 1 unspecified atom stereocenters. The average Bonchev–Trinajstić information content (AvgIpc) is 2.34. The Morgan fingerprint density at radius 1 is 1.73 bits per heavy atom. The third-order valence-electron chi connectivity index (χ3n) is 1.76. The molecule has 1 aliphatic rings. The van der Waals surface area contributed by atoms with E-state index in [2.05, 4.69) is 5.10 Å². The van der Waals surface area contributed by atoms with E-state index in [0.29, 0.717) is 12.5 Å². The van der Waals surface area contributed by atoms with Crippen LogP contribution in [-0.4, -0.2) is 30.7 Å². The first-order valence-electron chi connectivity index (χ1n) is 3.79. The predicted octanol–water partition coefficient (Wildman–Crippen LogP) is 1.58. The summed E-state index contributed by atoms with van der Waals surface area (Å²) in [5.41, 5.74) is 0. The number of hydrogen-bond donors (Lipinski definition) is 0. The summed E-state index contributed by atoms with van der Waals surface area (Å²) in [7, 11) is 0. The van der Waals surface area contributed by atoms with E-state index in [0.717, 1.165) is 6.42 Å². The predicted molar refractivity (Wildman–Crippen MR) is 39.9 cm³/mol. The van der Waals surface area contributed by atoms with Crippen LogP contribution in [0, 0.1) is 5.92 Å². The van der Waals surface area contributed by atoms with E-state index in [1.807, 2.05) is 6.92 Å². The number of alkyl halides is 2. The quantitative estimate of drug-likeness (QED) is 0.615. The largest absolute Gasteiger partial charge is 0.291 e. The molecule has 0 saturated carbocycles. The van der Waals surface area contributed by atoms with Crippen LogP contribution in [0.15, 0.2) is 5.10 Å². The van der Waals surface area contributed by atoms with Gasteiger partial charge in [0.25, 0.3) is 6.43 Å². The number of hydrazone groups is 1. The van der Waals surface area contributed by atoms with Crippen LogP contribution in [-0.2, 0) is 0 Å². The molecule has 0 saturated heterocycles. The number of hydrogen-bond acceptors (Lipinski definition) is 2. The van der Waals surface area contributed by atoms with Crippen LogP contribution in [0.2, 0.25) is 0 Å². The average molecular weight is 162 g/mol. The maximum atomic E-state index is 11.8. The standard InChI is InChI=1S/C7H12F2N2/c1-2-6-3-10-11(4-6)5-7(8)9/h3,6-7H,2,4-5H2,1H3. The van der Waals surface area contributed by atoms with Crippen molar-refractivity contribution in [2.75, 3.05) is 13.1 Å². The number of halogens is 2. The molecule has 4 heteroatoms. The van der Waals surface area contributed by atoms with Crippen molar-refractivity contribution in [1.82, 2.24) is 5.01 Å². The first-order valence-corrected chi connectivity index (χ1v) is 3.79. The fourth-order valence-corrected chi connectivity index (χ4v) is 1.07. The zero-order valence-electron chi connectivity index (χ0n) is 6.50. The van der Waals surface area contributed by atoms with Gasteiger partial charge in [-0.25, -0.2) is 8.78 Å². The van der Waals surface area contributed by atoms with Gasteiger partial charge >= 0.3 is 0 Å². The second kappa shape index (κ2) is 3.64. The van der Waals surface area contributed by atoms with Gasteiger partial charge in [-0.1, -0.05) is 6.92 Å². The summed E-state index contributed by atoms with van der Waals surface area (Å²) >= 11 is 0. The molecule has 2 nitrogen and oxygen atoms in total. The molecule has 1 heterocycles. The molecule has 0 spiro atoms. The summed E-state index contributed by atoms with van der Waals surface area (Å²) in [5, 5.41) is 5.29. The zero-order valence-corrected chi connectivity index (χ0v) is 6.50. The van der Waals surface area contributed by atoms with Crippen LogP contribution in [0.4, 0.5) is 8.78 Å². The van der Waals surface area contributed by atoms with E-state index in [1.165, 1.54) is 5.01 Å². The van der Waals surface area contributed by atoms with Crippen LogP contribution >= 0.6 is 0 Å². The van der Waals surface area contributed by atoms with E-state index in [1.54, 1.807) is 6.21 Å². The van der Waals surface area contributed by atoms with Crippen LogP contribution in [0.1, 0.15) is 13.3 Å². The van der Waals surface area contributed by atoms with Crippen LogP contribution in [0.25, 0.3) is 0 Å². The molecule has 0 amide bonds. The van der Waals surface area contributed by atoms with E-state index in [9.17, 15) is 8.78 Å². The minimum atomic E-state index is -2.28. The highest BCUT2D eigenvalue weighted by molar-refractivity contribution is 5.62. The molecule has 1 rings (SSSR count). The monoisotopic (exact) mass is 162 g/mol. The lowest BCUT2D eigenvalue weighted by Crippen LogP contribution is -2.23. The highest BCUT2D eigenvalue weighted by atomic mass is 19.3. The summed E-state index contributed by atoms with van der Waals surface area (Å²) in [6, 6.07) is 0. The highest BCUT2D eigenvalue weighted by Gasteiger charge is 2.18. The van der Waals surface area contributed by atoms with Crippen molar-refractivity contribution in [1.29, 1.82) is 0 Å². The molecule has 1 aliphatic heterocycles. The van der Waals surface area contributed by atoms with Crippen molar-refractivity contribution in [2.24, 2.45) is 11.0 Å². The minimum absolute atomic E-state index is 0.229. The van der Waals surface area contributed by atoms with Crippen molar-refractivity contribution >= 4 is 6.21 Å². The van der Waals surface area contributed by atoms with E-state index in [-0.39, 0.29) is 6.54 Å². The lowest BCUT2D eigenvalue weighted by atomic mass is 10.1. The summed E-state index contributed by atoms with van der Waals surface area (Å²) < 4.78 is 23.6. The normalized spacial score (nSPS) is 23.6. The number of rotatable bonds is 3. The minimum Gasteiger partial charge on any atom is -0.291 e. The van der Waals surface area contributed by atoms with E-state index < -0.39 is 6.43 Å². The first-order chi connectivity index (χ1) is 5.22. The topological polar surface area (TPSA) is 15.6 Å². The van der Waals surface area contributed by atoms with E-state index >= 15 is 0 Å². The molecule has 0 fully saturated rings. The van der Waals surface area contributed by atoms with Crippen molar-refractivity contribution < 1.29 is 8.78 Å². The Balaban J connectivity index is 2.26. The van der Waals surface area contributed by atoms with Gasteiger partial charge in [-0.05, 0) is 6.42 Å². The maximum absolute atomic E-state index is 11.8. The zero-order chi connectivity index (χ0) is 8.27. The van der Waals surface area contributed by atoms with Crippen molar-refractivity contribution in [2.45, 2.75) is 19.8 Å². The Kier molecular flexibility index (Phi) is 2.79. The molecule has 0 aliphatic carbocycles. The third kappa shape index (κ3) is 2.44. The molecule has 0 N–H and O–H groups in total. The second-order valence-electron chi connectivity index (χ2n) is 2.70. The maximum Gasteiger partial charge on any atom is 0.257 e. The first kappa shape index (κ1) is 8.43. The summed E-state index contributed by atoms with van der Waals surface area (Å²) in [6.45, 7) is 2.45. The van der Waals surface area contributed by atoms with Gasteiger partial charge in [0.1, 0.15) is 0 Å². The van der Waals surface area contributed by atoms with Gasteiger partial charge in [-0.3, -0.25) is 5.01 Å². The molecule has 0 aromatic carbocycles. The second-order valence-corrected chi connectivity index (χ2v) is 2.70. The van der Waals surface area contributed by atoms with Gasteiger partial charge in [-0.2, -0.15) is 5.10 Å². The molecular weight excluding hydrogens is 150 g/mol. The van der Waals surface area contributed by atoms with Gasteiger partial charge in [0.15, 0.2) is 0 Å². The third-order valence-corrected chi connectivity index (χ3v) is 1.76. The van der Waals surface area contributed by atoms with Crippen molar-refractivity contribution in [3.05, 3.63) is 0 Å². The lowest BCUT2D eigenvalue weighted by molar-refractivity contribution is 0.0920. The molecule has 11 heavy (non-hydrogen) atoms.